The molecule has 1 rings (SSSR count). The molecule has 1 unspecified atom stereocenters. The smallest absolute Gasteiger partial charge is 0.244 e. The van der Waals surface area contributed by atoms with Crippen LogP contribution in [0.2, 0.25) is 0 Å². The quantitative estimate of drug-likeness (QED) is 0.791. The van der Waals surface area contributed by atoms with E-state index < -0.39 is 16.1 Å². The second kappa shape index (κ2) is 8.34. The Labute approximate surface area is 140 Å². The maximum absolute atomic E-state index is 12.6. The number of rotatable bonds is 8. The summed E-state index contributed by atoms with van der Waals surface area (Å²) in [6.07, 6.45) is 3.19. The van der Waals surface area contributed by atoms with Crippen molar-refractivity contribution in [3.8, 4) is 0 Å². The highest BCUT2D eigenvalue weighted by Crippen LogP contribution is 2.23. The average molecular weight is 340 g/mol. The van der Waals surface area contributed by atoms with Gasteiger partial charge in [0.15, 0.2) is 0 Å². The lowest BCUT2D eigenvalue weighted by molar-refractivity contribution is -0.123. The monoisotopic (exact) mass is 340 g/mol. The molecule has 23 heavy (non-hydrogen) atoms. The van der Waals surface area contributed by atoms with Crippen molar-refractivity contribution in [2.24, 2.45) is 0 Å². The summed E-state index contributed by atoms with van der Waals surface area (Å²) in [5.41, 5.74) is 1.56. The first kappa shape index (κ1) is 19.5. The number of hydrogen-bond donors (Lipinski definition) is 1. The summed E-state index contributed by atoms with van der Waals surface area (Å²) in [7, 11) is -3.56. The van der Waals surface area contributed by atoms with E-state index >= 15 is 0 Å². The first-order valence-corrected chi connectivity index (χ1v) is 9.95. The third kappa shape index (κ3) is 5.23. The molecule has 1 aromatic carbocycles. The van der Waals surface area contributed by atoms with Gasteiger partial charge in [-0.1, -0.05) is 38.5 Å². The molecule has 6 heteroatoms. The predicted molar refractivity (Wildman–Crippen MR) is 95.1 cm³/mol. The molecule has 1 aromatic rings. The van der Waals surface area contributed by atoms with E-state index in [0.29, 0.717) is 12.1 Å². The van der Waals surface area contributed by atoms with Gasteiger partial charge >= 0.3 is 0 Å². The van der Waals surface area contributed by atoms with Crippen molar-refractivity contribution in [2.45, 2.75) is 59.0 Å². The molecule has 0 saturated heterocycles. The van der Waals surface area contributed by atoms with Crippen molar-refractivity contribution < 1.29 is 13.2 Å². The normalized spacial score (nSPS) is 13.0. The van der Waals surface area contributed by atoms with Crippen LogP contribution in [-0.4, -0.2) is 32.7 Å². The Morgan fingerprint density at radius 3 is 2.00 bits per heavy atom. The van der Waals surface area contributed by atoms with Gasteiger partial charge in [-0.05, 0) is 38.3 Å². The predicted octanol–water partition coefficient (Wildman–Crippen LogP) is 2.84. The zero-order chi connectivity index (χ0) is 17.6. The highest BCUT2D eigenvalue weighted by molar-refractivity contribution is 7.92. The lowest BCUT2D eigenvalue weighted by Gasteiger charge is -2.31. The molecule has 5 nitrogen and oxygen atoms in total. The lowest BCUT2D eigenvalue weighted by atomic mass is 10.1. The van der Waals surface area contributed by atoms with Crippen molar-refractivity contribution >= 4 is 21.6 Å². The SMILES string of the molecule is CCC(CC)NC(=O)C(CC)N(c1ccc(C)cc1)S(C)(=O)=O. The fraction of sp³-hybridized carbons (Fsp3) is 0.588. The summed E-state index contributed by atoms with van der Waals surface area (Å²) in [5.74, 6) is -0.243. The molecule has 0 heterocycles. The molecular formula is C17H28N2O3S. The van der Waals surface area contributed by atoms with E-state index in [1.165, 1.54) is 4.31 Å². The third-order valence-corrected chi connectivity index (χ3v) is 5.13. The van der Waals surface area contributed by atoms with Crippen LogP contribution in [0.5, 0.6) is 0 Å². The summed E-state index contributed by atoms with van der Waals surface area (Å²) in [4.78, 5) is 12.6. The Morgan fingerprint density at radius 2 is 1.61 bits per heavy atom. The van der Waals surface area contributed by atoms with E-state index in [1.54, 1.807) is 12.1 Å². The van der Waals surface area contributed by atoms with Crippen LogP contribution >= 0.6 is 0 Å². The number of aryl methyl sites for hydroxylation is 1. The minimum Gasteiger partial charge on any atom is -0.352 e. The van der Waals surface area contributed by atoms with Crippen LogP contribution in [-0.2, 0) is 14.8 Å². The van der Waals surface area contributed by atoms with Crippen molar-refractivity contribution in [3.05, 3.63) is 29.8 Å². The van der Waals surface area contributed by atoms with Gasteiger partial charge < -0.3 is 5.32 Å². The van der Waals surface area contributed by atoms with E-state index in [2.05, 4.69) is 5.32 Å². The van der Waals surface area contributed by atoms with Gasteiger partial charge in [0.1, 0.15) is 6.04 Å². The number of sulfonamides is 1. The summed E-state index contributed by atoms with van der Waals surface area (Å²) < 4.78 is 25.8. The molecular weight excluding hydrogens is 312 g/mol. The number of carbonyl (C=O) groups excluding carboxylic acids is 1. The van der Waals surface area contributed by atoms with Crippen LogP contribution in [0.4, 0.5) is 5.69 Å². The second-order valence-electron chi connectivity index (χ2n) is 5.84. The van der Waals surface area contributed by atoms with Crippen molar-refractivity contribution in [2.75, 3.05) is 10.6 Å². The molecule has 1 atom stereocenters. The molecule has 0 aliphatic carbocycles. The van der Waals surface area contributed by atoms with E-state index in [-0.39, 0.29) is 11.9 Å². The van der Waals surface area contributed by atoms with Crippen LogP contribution in [0.1, 0.15) is 45.6 Å². The second-order valence-corrected chi connectivity index (χ2v) is 7.70. The minimum absolute atomic E-state index is 0.0657. The van der Waals surface area contributed by atoms with Gasteiger partial charge in [-0.3, -0.25) is 9.10 Å². The number of carbonyl (C=O) groups is 1. The zero-order valence-corrected chi connectivity index (χ0v) is 15.5. The molecule has 0 aliphatic heterocycles. The lowest BCUT2D eigenvalue weighted by Crippen LogP contribution is -2.51. The Morgan fingerprint density at radius 1 is 1.09 bits per heavy atom. The van der Waals surface area contributed by atoms with E-state index in [0.717, 1.165) is 24.7 Å². The van der Waals surface area contributed by atoms with Gasteiger partial charge in [-0.15, -0.1) is 0 Å². The Balaban J connectivity index is 3.18. The molecule has 0 aromatic heterocycles. The Kier molecular flexibility index (Phi) is 7.06. The topological polar surface area (TPSA) is 66.5 Å². The molecule has 0 fully saturated rings. The molecule has 0 aliphatic rings. The van der Waals surface area contributed by atoms with Gasteiger partial charge in [0.05, 0.1) is 11.9 Å². The van der Waals surface area contributed by atoms with Crippen LogP contribution in [0.3, 0.4) is 0 Å². The van der Waals surface area contributed by atoms with Gasteiger partial charge in [0.2, 0.25) is 15.9 Å². The number of hydrogen-bond acceptors (Lipinski definition) is 3. The zero-order valence-electron chi connectivity index (χ0n) is 14.7. The molecule has 0 saturated carbocycles. The Hall–Kier alpha value is -1.56. The number of amides is 1. The fourth-order valence-corrected chi connectivity index (χ4v) is 3.75. The molecule has 1 amide bonds. The highest BCUT2D eigenvalue weighted by atomic mass is 32.2. The van der Waals surface area contributed by atoms with Crippen LogP contribution < -0.4 is 9.62 Å². The number of benzene rings is 1. The van der Waals surface area contributed by atoms with Crippen LogP contribution in [0, 0.1) is 6.92 Å². The summed E-state index contributed by atoms with van der Waals surface area (Å²) in [6.45, 7) is 7.77. The van der Waals surface area contributed by atoms with Gasteiger partial charge in [0, 0.05) is 6.04 Å². The molecule has 0 radical (unpaired) electrons. The Bertz CT molecular complexity index is 607. The average Bonchev–Trinajstić information content (AvgIpc) is 2.49. The van der Waals surface area contributed by atoms with E-state index in [1.807, 2.05) is 39.8 Å². The summed E-state index contributed by atoms with van der Waals surface area (Å²) in [6, 6.07) is 6.49. The van der Waals surface area contributed by atoms with Gasteiger partial charge in [0.25, 0.3) is 0 Å². The fourth-order valence-electron chi connectivity index (χ4n) is 2.54. The maximum atomic E-state index is 12.6. The summed E-state index contributed by atoms with van der Waals surface area (Å²) in [5, 5.41) is 2.96. The molecule has 0 spiro atoms. The van der Waals surface area contributed by atoms with Crippen molar-refractivity contribution in [1.82, 2.24) is 5.32 Å². The molecule has 0 bridgehead atoms. The molecule has 130 valence electrons. The first-order valence-electron chi connectivity index (χ1n) is 8.10. The van der Waals surface area contributed by atoms with Crippen LogP contribution in [0.15, 0.2) is 24.3 Å². The number of nitrogens with zero attached hydrogens (tertiary/aromatic N) is 1. The largest absolute Gasteiger partial charge is 0.352 e. The summed E-state index contributed by atoms with van der Waals surface area (Å²) >= 11 is 0. The van der Waals surface area contributed by atoms with Crippen LogP contribution in [0.25, 0.3) is 0 Å². The number of anilines is 1. The third-order valence-electron chi connectivity index (χ3n) is 3.95. The van der Waals surface area contributed by atoms with E-state index in [4.69, 9.17) is 0 Å². The van der Waals surface area contributed by atoms with E-state index in [9.17, 15) is 13.2 Å². The number of nitrogens with one attached hydrogen (secondary N) is 1. The maximum Gasteiger partial charge on any atom is 0.244 e. The van der Waals surface area contributed by atoms with Gasteiger partial charge in [-0.25, -0.2) is 8.42 Å². The first-order chi connectivity index (χ1) is 10.7. The standard InChI is InChI=1S/C17H28N2O3S/c1-6-14(7-2)18-17(20)16(8-3)19(23(5,21)22)15-11-9-13(4)10-12-15/h9-12,14,16H,6-8H2,1-5H3,(H,18,20). The molecule has 1 N–H and O–H groups in total. The van der Waals surface area contributed by atoms with Crippen molar-refractivity contribution in [1.29, 1.82) is 0 Å². The highest BCUT2D eigenvalue weighted by Gasteiger charge is 2.31. The van der Waals surface area contributed by atoms with Crippen molar-refractivity contribution in [3.63, 3.8) is 0 Å². The van der Waals surface area contributed by atoms with Gasteiger partial charge in [-0.2, -0.15) is 0 Å². The minimum atomic E-state index is -3.56.